The van der Waals surface area contributed by atoms with Gasteiger partial charge in [0.25, 0.3) is 0 Å². The van der Waals surface area contributed by atoms with Crippen LogP contribution in [0.5, 0.6) is 0 Å². The van der Waals surface area contributed by atoms with Gasteiger partial charge in [0.2, 0.25) is 11.8 Å². The summed E-state index contributed by atoms with van der Waals surface area (Å²) in [4.78, 5) is 26.6. The lowest BCUT2D eigenvalue weighted by Gasteiger charge is -2.32. The van der Waals surface area contributed by atoms with Gasteiger partial charge in [0.15, 0.2) is 0 Å². The van der Waals surface area contributed by atoms with E-state index in [1.807, 2.05) is 20.8 Å². The summed E-state index contributed by atoms with van der Waals surface area (Å²) in [6.45, 7) is 7.01. The van der Waals surface area contributed by atoms with Crippen LogP contribution in [0.2, 0.25) is 0 Å². The molecule has 7 heteroatoms. The molecule has 0 spiro atoms. The number of piperidine rings is 1. The van der Waals surface area contributed by atoms with Crippen molar-refractivity contribution in [1.82, 2.24) is 10.2 Å². The highest BCUT2D eigenvalue weighted by molar-refractivity contribution is 5.80. The Morgan fingerprint density at radius 1 is 1.21 bits per heavy atom. The number of hydrogen-bond donors (Lipinski definition) is 1. The molecule has 1 aromatic rings. The Bertz CT molecular complexity index is 696. The Morgan fingerprint density at radius 2 is 1.86 bits per heavy atom. The number of alkyl halides is 3. The van der Waals surface area contributed by atoms with Crippen LogP contribution in [0, 0.1) is 11.8 Å². The van der Waals surface area contributed by atoms with Crippen molar-refractivity contribution in [3.05, 3.63) is 35.4 Å². The highest BCUT2D eigenvalue weighted by Gasteiger charge is 2.32. The molecule has 0 bridgehead atoms. The number of carbonyl (C=O) groups excluding carboxylic acids is 2. The molecule has 1 aliphatic heterocycles. The van der Waals surface area contributed by atoms with Crippen molar-refractivity contribution in [2.24, 2.45) is 11.8 Å². The first-order chi connectivity index (χ1) is 13.6. The Labute approximate surface area is 170 Å². The van der Waals surface area contributed by atoms with Crippen LogP contribution in [0.1, 0.15) is 70.0 Å². The number of rotatable bonds is 7. The van der Waals surface area contributed by atoms with Gasteiger partial charge in [-0.15, -0.1) is 0 Å². The fraction of sp³-hybridized carbons (Fsp3) is 0.636. The molecule has 2 rings (SSSR count). The zero-order chi connectivity index (χ0) is 21.6. The third-order valence-electron chi connectivity index (χ3n) is 5.32. The summed E-state index contributed by atoms with van der Waals surface area (Å²) in [5.74, 6) is -0.0341. The lowest BCUT2D eigenvalue weighted by molar-refractivity contribution is -0.137. The topological polar surface area (TPSA) is 49.4 Å². The number of benzene rings is 1. The van der Waals surface area contributed by atoms with Crippen molar-refractivity contribution in [2.45, 2.75) is 65.1 Å². The van der Waals surface area contributed by atoms with Crippen molar-refractivity contribution in [3.63, 3.8) is 0 Å². The maximum atomic E-state index is 13.1. The van der Waals surface area contributed by atoms with E-state index in [4.69, 9.17) is 0 Å². The van der Waals surface area contributed by atoms with Gasteiger partial charge in [-0.3, -0.25) is 9.59 Å². The molecular weight excluding hydrogens is 381 g/mol. The van der Waals surface area contributed by atoms with Gasteiger partial charge in [0, 0.05) is 25.4 Å². The van der Waals surface area contributed by atoms with Crippen LogP contribution in [-0.2, 0) is 15.8 Å². The Balaban J connectivity index is 2.05. The summed E-state index contributed by atoms with van der Waals surface area (Å²) in [6, 6.07) is 4.72. The smallest absolute Gasteiger partial charge is 0.349 e. The summed E-state index contributed by atoms with van der Waals surface area (Å²) in [5, 5.41) is 2.97. The molecule has 0 aliphatic carbocycles. The first-order valence-corrected chi connectivity index (χ1v) is 10.4. The molecule has 1 fully saturated rings. The van der Waals surface area contributed by atoms with Gasteiger partial charge in [-0.05, 0) is 49.3 Å². The van der Waals surface area contributed by atoms with Crippen molar-refractivity contribution in [3.8, 4) is 0 Å². The summed E-state index contributed by atoms with van der Waals surface area (Å²) in [5.41, 5.74) is -0.238. The molecular formula is C22H31F3N2O2. The summed E-state index contributed by atoms with van der Waals surface area (Å²) >= 11 is 0. The van der Waals surface area contributed by atoms with Crippen molar-refractivity contribution in [2.75, 3.05) is 13.1 Å². The fourth-order valence-electron chi connectivity index (χ4n) is 3.73. The molecule has 162 valence electrons. The SMILES string of the molecule is CCCC(=O)N1CCC(C(=O)NC(CC(C)C)c2cccc(C(F)(F)F)c2)CC1. The molecule has 4 nitrogen and oxygen atoms in total. The minimum absolute atomic E-state index is 0.119. The number of amides is 2. The van der Waals surface area contributed by atoms with E-state index >= 15 is 0 Å². The molecule has 29 heavy (non-hydrogen) atoms. The van der Waals surface area contributed by atoms with Crippen LogP contribution in [0.25, 0.3) is 0 Å². The molecule has 1 unspecified atom stereocenters. The Morgan fingerprint density at radius 3 is 2.41 bits per heavy atom. The summed E-state index contributed by atoms with van der Waals surface area (Å²) < 4.78 is 39.3. The van der Waals surface area contributed by atoms with E-state index in [1.54, 1.807) is 11.0 Å². The van der Waals surface area contributed by atoms with Gasteiger partial charge in [-0.1, -0.05) is 32.9 Å². The van der Waals surface area contributed by atoms with Crippen LogP contribution in [0.4, 0.5) is 13.2 Å². The zero-order valence-electron chi connectivity index (χ0n) is 17.4. The lowest BCUT2D eigenvalue weighted by Crippen LogP contribution is -2.43. The van der Waals surface area contributed by atoms with Gasteiger partial charge in [0.1, 0.15) is 0 Å². The minimum atomic E-state index is -4.42. The predicted octanol–water partition coefficient (Wildman–Crippen LogP) is 4.95. The maximum Gasteiger partial charge on any atom is 0.416 e. The third kappa shape index (κ3) is 6.75. The van der Waals surface area contributed by atoms with E-state index in [2.05, 4.69) is 5.32 Å². The number of hydrogen-bond acceptors (Lipinski definition) is 2. The van der Waals surface area contributed by atoms with Gasteiger partial charge < -0.3 is 10.2 Å². The van der Waals surface area contributed by atoms with E-state index in [1.165, 1.54) is 6.07 Å². The van der Waals surface area contributed by atoms with Gasteiger partial charge in [-0.25, -0.2) is 0 Å². The van der Waals surface area contributed by atoms with Crippen LogP contribution in [0.3, 0.4) is 0 Å². The molecule has 1 saturated heterocycles. The monoisotopic (exact) mass is 412 g/mol. The van der Waals surface area contributed by atoms with E-state index in [9.17, 15) is 22.8 Å². The summed E-state index contributed by atoms with van der Waals surface area (Å²) in [7, 11) is 0. The molecule has 0 saturated carbocycles. The maximum absolute atomic E-state index is 13.1. The van der Waals surface area contributed by atoms with E-state index in [0.29, 0.717) is 44.3 Å². The minimum Gasteiger partial charge on any atom is -0.349 e. The number of nitrogens with one attached hydrogen (secondary N) is 1. The number of nitrogens with zero attached hydrogens (tertiary/aromatic N) is 1. The van der Waals surface area contributed by atoms with Gasteiger partial charge >= 0.3 is 6.18 Å². The second-order valence-electron chi connectivity index (χ2n) is 8.22. The van der Waals surface area contributed by atoms with E-state index in [-0.39, 0.29) is 23.7 Å². The van der Waals surface area contributed by atoms with E-state index < -0.39 is 17.8 Å². The van der Waals surface area contributed by atoms with Crippen molar-refractivity contribution in [1.29, 1.82) is 0 Å². The number of halogens is 3. The quantitative estimate of drug-likeness (QED) is 0.689. The molecule has 2 amide bonds. The number of likely N-dealkylation sites (tertiary alicyclic amines) is 1. The Kier molecular flexibility index (Phi) is 8.11. The average Bonchev–Trinajstić information content (AvgIpc) is 2.67. The lowest BCUT2D eigenvalue weighted by atomic mass is 9.92. The largest absolute Gasteiger partial charge is 0.416 e. The van der Waals surface area contributed by atoms with Crippen molar-refractivity contribution >= 4 is 11.8 Å². The molecule has 1 aliphatic rings. The predicted molar refractivity (Wildman–Crippen MR) is 106 cm³/mol. The fourth-order valence-corrected chi connectivity index (χ4v) is 3.73. The zero-order valence-corrected chi connectivity index (χ0v) is 17.4. The molecule has 1 N–H and O–H groups in total. The highest BCUT2D eigenvalue weighted by atomic mass is 19.4. The first-order valence-electron chi connectivity index (χ1n) is 10.4. The van der Waals surface area contributed by atoms with Crippen LogP contribution < -0.4 is 5.32 Å². The van der Waals surface area contributed by atoms with Gasteiger partial charge in [0.05, 0.1) is 11.6 Å². The normalized spacial score (nSPS) is 16.7. The highest BCUT2D eigenvalue weighted by Crippen LogP contribution is 2.32. The third-order valence-corrected chi connectivity index (χ3v) is 5.32. The second kappa shape index (κ2) is 10.1. The second-order valence-corrected chi connectivity index (χ2v) is 8.22. The van der Waals surface area contributed by atoms with Crippen LogP contribution >= 0.6 is 0 Å². The van der Waals surface area contributed by atoms with Crippen LogP contribution in [0.15, 0.2) is 24.3 Å². The molecule has 1 heterocycles. The molecule has 0 radical (unpaired) electrons. The van der Waals surface area contributed by atoms with Crippen LogP contribution in [-0.4, -0.2) is 29.8 Å². The number of carbonyl (C=O) groups is 2. The molecule has 1 atom stereocenters. The Hall–Kier alpha value is -2.05. The summed E-state index contributed by atoms with van der Waals surface area (Å²) in [6.07, 6.45) is -1.38. The standard InChI is InChI=1S/C22H31F3N2O2/c1-4-6-20(28)27-11-9-16(10-12-27)21(29)26-19(13-15(2)3)17-7-5-8-18(14-17)22(23,24)25/h5,7-8,14-16,19H,4,6,9-13H2,1-3H3,(H,26,29). The molecule has 0 aromatic heterocycles. The van der Waals surface area contributed by atoms with Crippen molar-refractivity contribution < 1.29 is 22.8 Å². The first kappa shape index (κ1) is 23.2. The van der Waals surface area contributed by atoms with Gasteiger partial charge in [-0.2, -0.15) is 13.2 Å². The molecule has 1 aromatic carbocycles. The average molecular weight is 412 g/mol. The van der Waals surface area contributed by atoms with E-state index in [0.717, 1.165) is 18.6 Å².